The predicted molar refractivity (Wildman–Crippen MR) is 109 cm³/mol. The molecule has 2 N–H and O–H groups in total. The average Bonchev–Trinajstić information content (AvgIpc) is 3.00. The van der Waals surface area contributed by atoms with E-state index in [1.54, 1.807) is 46.0 Å². The summed E-state index contributed by atoms with van der Waals surface area (Å²) in [6, 6.07) is 4.31. The molecule has 0 fully saturated rings. The van der Waals surface area contributed by atoms with Crippen LogP contribution in [0, 0.1) is 13.8 Å². The maximum Gasteiger partial charge on any atom is 0.355 e. The fourth-order valence-electron chi connectivity index (χ4n) is 3.18. The van der Waals surface area contributed by atoms with Gasteiger partial charge in [-0.1, -0.05) is 6.07 Å². The molecule has 0 aliphatic heterocycles. The molecule has 1 unspecified atom stereocenters. The van der Waals surface area contributed by atoms with Crippen LogP contribution in [0.2, 0.25) is 0 Å². The first-order valence-electron chi connectivity index (χ1n) is 9.66. The molecular weight excluding hydrogens is 372 g/mol. The molecule has 0 saturated heterocycles. The minimum atomic E-state index is -0.758. The van der Waals surface area contributed by atoms with Gasteiger partial charge in [0.1, 0.15) is 5.69 Å². The van der Waals surface area contributed by atoms with Gasteiger partial charge in [-0.3, -0.25) is 9.78 Å². The lowest BCUT2D eigenvalue weighted by molar-refractivity contribution is 0.0519. The molecule has 0 aliphatic rings. The van der Waals surface area contributed by atoms with E-state index < -0.39 is 12.0 Å². The molecule has 0 aromatic carbocycles. The van der Waals surface area contributed by atoms with Gasteiger partial charge < -0.3 is 19.9 Å². The van der Waals surface area contributed by atoms with Crippen molar-refractivity contribution >= 4 is 17.8 Å². The SMILES string of the molecule is CCNC(=O)N(Cc1ccccn1)C(C)C(=O)c1c(C)[nH]c(C(=O)OCC)c1C. The number of nitrogens with one attached hydrogen (secondary N) is 2. The van der Waals surface area contributed by atoms with Crippen molar-refractivity contribution in [1.82, 2.24) is 20.2 Å². The first-order valence-corrected chi connectivity index (χ1v) is 9.66. The summed E-state index contributed by atoms with van der Waals surface area (Å²) in [5.41, 5.74) is 2.42. The third-order valence-electron chi connectivity index (χ3n) is 4.66. The molecule has 8 heteroatoms. The number of ether oxygens (including phenoxy) is 1. The normalized spacial score (nSPS) is 11.6. The number of Topliss-reactive ketones (excluding diaryl/α,β-unsaturated/α-hetero) is 1. The van der Waals surface area contributed by atoms with Crippen molar-refractivity contribution in [2.24, 2.45) is 0 Å². The largest absolute Gasteiger partial charge is 0.461 e. The van der Waals surface area contributed by atoms with Crippen LogP contribution in [-0.2, 0) is 11.3 Å². The molecule has 2 rings (SSSR count). The second-order valence-corrected chi connectivity index (χ2v) is 6.67. The van der Waals surface area contributed by atoms with E-state index in [-0.39, 0.29) is 30.7 Å². The number of aromatic nitrogens is 2. The Hall–Kier alpha value is -3.16. The van der Waals surface area contributed by atoms with Crippen LogP contribution in [-0.4, -0.2) is 51.8 Å². The summed E-state index contributed by atoms with van der Waals surface area (Å²) in [5.74, 6) is -0.761. The maximum atomic E-state index is 13.3. The number of amides is 2. The molecule has 1 atom stereocenters. The second kappa shape index (κ2) is 9.86. The molecule has 8 nitrogen and oxygen atoms in total. The van der Waals surface area contributed by atoms with Crippen molar-refractivity contribution in [3.05, 3.63) is 52.6 Å². The maximum absolute atomic E-state index is 13.3. The van der Waals surface area contributed by atoms with Gasteiger partial charge in [-0.2, -0.15) is 0 Å². The lowest BCUT2D eigenvalue weighted by Gasteiger charge is -2.28. The topological polar surface area (TPSA) is 104 Å². The quantitative estimate of drug-likeness (QED) is 0.524. The second-order valence-electron chi connectivity index (χ2n) is 6.67. The minimum absolute atomic E-state index is 0.187. The molecule has 0 aliphatic carbocycles. The molecular formula is C21H28N4O4. The highest BCUT2D eigenvalue weighted by atomic mass is 16.5. The van der Waals surface area contributed by atoms with Gasteiger partial charge in [-0.15, -0.1) is 0 Å². The summed E-state index contributed by atoms with van der Waals surface area (Å²) in [6.45, 7) is 9.51. The molecule has 2 aromatic rings. The number of aromatic amines is 1. The van der Waals surface area contributed by atoms with Gasteiger partial charge >= 0.3 is 12.0 Å². The highest BCUT2D eigenvalue weighted by Gasteiger charge is 2.31. The molecule has 29 heavy (non-hydrogen) atoms. The number of hydrogen-bond donors (Lipinski definition) is 2. The lowest BCUT2D eigenvalue weighted by atomic mass is 10.00. The molecule has 0 spiro atoms. The van der Waals surface area contributed by atoms with E-state index in [9.17, 15) is 14.4 Å². The van der Waals surface area contributed by atoms with Crippen molar-refractivity contribution in [3.63, 3.8) is 0 Å². The molecule has 2 amide bonds. The van der Waals surface area contributed by atoms with Crippen LogP contribution in [0.1, 0.15) is 58.6 Å². The summed E-state index contributed by atoms with van der Waals surface area (Å²) in [5, 5.41) is 2.75. The zero-order valence-corrected chi connectivity index (χ0v) is 17.5. The Bertz CT molecular complexity index is 876. The van der Waals surface area contributed by atoms with E-state index in [1.807, 2.05) is 13.0 Å². The zero-order chi connectivity index (χ0) is 21.6. The van der Waals surface area contributed by atoms with Crippen molar-refractivity contribution in [2.75, 3.05) is 13.2 Å². The van der Waals surface area contributed by atoms with Crippen molar-refractivity contribution in [1.29, 1.82) is 0 Å². The van der Waals surface area contributed by atoms with E-state index in [0.29, 0.717) is 29.1 Å². The number of hydrogen-bond acceptors (Lipinski definition) is 5. The van der Waals surface area contributed by atoms with Gasteiger partial charge in [0.15, 0.2) is 5.78 Å². The summed E-state index contributed by atoms with van der Waals surface area (Å²) < 4.78 is 5.05. The molecule has 0 saturated carbocycles. The highest BCUT2D eigenvalue weighted by molar-refractivity contribution is 6.06. The summed E-state index contributed by atoms with van der Waals surface area (Å²) in [4.78, 5) is 46.8. The monoisotopic (exact) mass is 400 g/mol. The number of nitrogens with zero attached hydrogens (tertiary/aromatic N) is 2. The van der Waals surface area contributed by atoms with Gasteiger partial charge in [0.25, 0.3) is 0 Å². The minimum Gasteiger partial charge on any atom is -0.461 e. The Kier molecular flexibility index (Phi) is 7.52. The Morgan fingerprint density at radius 2 is 1.97 bits per heavy atom. The third-order valence-corrected chi connectivity index (χ3v) is 4.66. The molecule has 156 valence electrons. The number of carbonyl (C=O) groups excluding carboxylic acids is 3. The standard InChI is InChI=1S/C21H28N4O4/c1-6-22-21(28)25(12-16-10-8-9-11-23-16)15(5)19(26)17-13(3)18(24-14(17)4)20(27)29-7-2/h8-11,15,24H,6-7,12H2,1-5H3,(H,22,28). The van der Waals surface area contributed by atoms with Crippen LogP contribution >= 0.6 is 0 Å². The van der Waals surface area contributed by atoms with Crippen molar-refractivity contribution in [2.45, 2.75) is 47.2 Å². The Balaban J connectivity index is 2.35. The fraction of sp³-hybridized carbons (Fsp3) is 0.429. The molecule has 2 heterocycles. The lowest BCUT2D eigenvalue weighted by Crippen LogP contribution is -2.48. The number of carbonyl (C=O) groups is 3. The number of rotatable bonds is 8. The summed E-state index contributed by atoms with van der Waals surface area (Å²) in [6.07, 6.45) is 1.64. The van der Waals surface area contributed by atoms with Crippen LogP contribution in [0.4, 0.5) is 4.79 Å². The third kappa shape index (κ3) is 5.01. The Labute approximate surface area is 170 Å². The van der Waals surface area contributed by atoms with Gasteiger partial charge in [0, 0.05) is 24.0 Å². The van der Waals surface area contributed by atoms with Crippen LogP contribution < -0.4 is 5.32 Å². The number of ketones is 1. The Morgan fingerprint density at radius 1 is 1.24 bits per heavy atom. The Morgan fingerprint density at radius 3 is 2.55 bits per heavy atom. The number of urea groups is 1. The first kappa shape index (κ1) is 22.1. The van der Waals surface area contributed by atoms with Gasteiger partial charge in [0.2, 0.25) is 0 Å². The smallest absolute Gasteiger partial charge is 0.355 e. The summed E-state index contributed by atoms with van der Waals surface area (Å²) in [7, 11) is 0. The average molecular weight is 400 g/mol. The predicted octanol–water partition coefficient (Wildman–Crippen LogP) is 3.01. The van der Waals surface area contributed by atoms with E-state index in [2.05, 4.69) is 15.3 Å². The van der Waals surface area contributed by atoms with Crippen LogP contribution in [0.25, 0.3) is 0 Å². The molecule has 0 radical (unpaired) electrons. The van der Waals surface area contributed by atoms with Gasteiger partial charge in [0.05, 0.1) is 24.9 Å². The van der Waals surface area contributed by atoms with Gasteiger partial charge in [-0.05, 0) is 52.3 Å². The number of esters is 1. The fourth-order valence-corrected chi connectivity index (χ4v) is 3.18. The molecule has 2 aromatic heterocycles. The van der Waals surface area contributed by atoms with E-state index in [1.165, 1.54) is 4.90 Å². The van der Waals surface area contributed by atoms with E-state index in [4.69, 9.17) is 4.74 Å². The van der Waals surface area contributed by atoms with Crippen molar-refractivity contribution in [3.8, 4) is 0 Å². The number of aryl methyl sites for hydroxylation is 1. The van der Waals surface area contributed by atoms with Crippen LogP contribution in [0.15, 0.2) is 24.4 Å². The zero-order valence-electron chi connectivity index (χ0n) is 17.5. The van der Waals surface area contributed by atoms with Crippen LogP contribution in [0.5, 0.6) is 0 Å². The summed E-state index contributed by atoms with van der Waals surface area (Å²) >= 11 is 0. The molecule has 0 bridgehead atoms. The highest BCUT2D eigenvalue weighted by Crippen LogP contribution is 2.22. The van der Waals surface area contributed by atoms with E-state index in [0.717, 1.165) is 0 Å². The van der Waals surface area contributed by atoms with Crippen molar-refractivity contribution < 1.29 is 19.1 Å². The van der Waals surface area contributed by atoms with Gasteiger partial charge in [-0.25, -0.2) is 9.59 Å². The van der Waals surface area contributed by atoms with E-state index >= 15 is 0 Å². The van der Waals surface area contributed by atoms with Crippen LogP contribution in [0.3, 0.4) is 0 Å². The number of H-pyrrole nitrogens is 1. The first-order chi connectivity index (χ1) is 13.8. The number of pyridine rings is 1.